The third kappa shape index (κ3) is 0.878. The number of nitrogens with zero attached hydrogens (tertiary/aromatic N) is 4. The summed E-state index contributed by atoms with van der Waals surface area (Å²) >= 11 is 0. The van der Waals surface area contributed by atoms with Crippen molar-refractivity contribution in [1.29, 1.82) is 0 Å². The summed E-state index contributed by atoms with van der Waals surface area (Å²) in [6, 6.07) is 0. The number of imide groups is 1. The number of carbonyl (C=O) groups is 2. The first kappa shape index (κ1) is 9.99. The fourth-order valence-corrected chi connectivity index (χ4v) is 3.80. The number of hydrogen-bond donors (Lipinski definition) is 0. The summed E-state index contributed by atoms with van der Waals surface area (Å²) in [5.74, 6) is -0.0842. The Bertz CT molecular complexity index is 579. The van der Waals surface area contributed by atoms with Crippen LogP contribution in [0.3, 0.4) is 0 Å². The molecule has 6 nitrogen and oxygen atoms in total. The molecule has 2 bridgehead atoms. The fourth-order valence-electron chi connectivity index (χ4n) is 3.80. The molecule has 1 aliphatic heterocycles. The number of aromatic nitrogens is 3. The van der Waals surface area contributed by atoms with E-state index in [1.807, 2.05) is 6.92 Å². The monoisotopic (exact) mass is 244 g/mol. The molecule has 4 atom stereocenters. The van der Waals surface area contributed by atoms with E-state index in [4.69, 9.17) is 0 Å². The van der Waals surface area contributed by atoms with Gasteiger partial charge < -0.3 is 0 Å². The molecule has 2 fully saturated rings. The van der Waals surface area contributed by atoms with E-state index in [9.17, 15) is 9.59 Å². The number of hydrogen-bond acceptors (Lipinski definition) is 4. The predicted molar refractivity (Wildman–Crippen MR) is 60.6 cm³/mol. The van der Waals surface area contributed by atoms with E-state index in [1.165, 1.54) is 22.3 Å². The molecule has 1 saturated carbocycles. The molecular formula is C12H12N4O2. The Morgan fingerprint density at radius 3 is 2.67 bits per heavy atom. The molecule has 1 aromatic heterocycles. The van der Waals surface area contributed by atoms with E-state index >= 15 is 0 Å². The van der Waals surface area contributed by atoms with Gasteiger partial charge >= 0.3 is 0 Å². The summed E-state index contributed by atoms with van der Waals surface area (Å²) in [6.07, 6.45) is 7.86. The topological polar surface area (TPSA) is 68.1 Å². The van der Waals surface area contributed by atoms with Gasteiger partial charge in [0.2, 0.25) is 0 Å². The Hall–Kier alpha value is -1.98. The molecular weight excluding hydrogens is 232 g/mol. The minimum Gasteiger partial charge on any atom is -0.272 e. The maximum Gasteiger partial charge on any atom is 0.256 e. The van der Waals surface area contributed by atoms with E-state index in [2.05, 4.69) is 22.3 Å². The molecule has 4 rings (SSSR count). The minimum absolute atomic E-state index is 0.126. The largest absolute Gasteiger partial charge is 0.272 e. The van der Waals surface area contributed by atoms with Crippen molar-refractivity contribution in [3.8, 4) is 0 Å². The molecule has 18 heavy (non-hydrogen) atoms. The average molecular weight is 244 g/mol. The lowest BCUT2D eigenvalue weighted by atomic mass is 9.71. The smallest absolute Gasteiger partial charge is 0.256 e. The van der Waals surface area contributed by atoms with Crippen LogP contribution in [0.5, 0.6) is 0 Å². The third-order valence-electron chi connectivity index (χ3n) is 4.73. The predicted octanol–water partition coefficient (Wildman–Crippen LogP) is 0.111. The Morgan fingerprint density at radius 1 is 1.28 bits per heavy atom. The fraction of sp³-hybridized carbons (Fsp3) is 0.500. The maximum atomic E-state index is 12.6. The van der Waals surface area contributed by atoms with E-state index in [0.29, 0.717) is 0 Å². The van der Waals surface area contributed by atoms with Crippen molar-refractivity contribution in [3.05, 3.63) is 24.8 Å². The Morgan fingerprint density at radius 2 is 2.00 bits per heavy atom. The summed E-state index contributed by atoms with van der Waals surface area (Å²) < 4.78 is 1.38. The third-order valence-corrected chi connectivity index (χ3v) is 4.73. The van der Waals surface area contributed by atoms with Gasteiger partial charge in [-0.3, -0.25) is 9.59 Å². The van der Waals surface area contributed by atoms with Crippen LogP contribution in [0.1, 0.15) is 13.3 Å². The minimum atomic E-state index is -0.583. The number of fused-ring (bicyclic) bond motifs is 5. The van der Waals surface area contributed by atoms with Crippen LogP contribution in [-0.4, -0.2) is 26.7 Å². The van der Waals surface area contributed by atoms with Gasteiger partial charge in [0.05, 0.1) is 11.3 Å². The summed E-state index contributed by atoms with van der Waals surface area (Å²) in [5.41, 5.74) is -0.583. The summed E-state index contributed by atoms with van der Waals surface area (Å²) in [4.78, 5) is 25.1. The Balaban J connectivity index is 1.85. The van der Waals surface area contributed by atoms with Crippen LogP contribution in [-0.2, 0) is 9.59 Å². The van der Waals surface area contributed by atoms with Crippen molar-refractivity contribution in [2.45, 2.75) is 13.3 Å². The van der Waals surface area contributed by atoms with Crippen LogP contribution in [0.2, 0.25) is 0 Å². The van der Waals surface area contributed by atoms with Crippen LogP contribution in [0.15, 0.2) is 24.8 Å². The molecule has 3 aliphatic rings. The first-order valence-corrected chi connectivity index (χ1v) is 6.05. The highest BCUT2D eigenvalue weighted by molar-refractivity contribution is 6.19. The van der Waals surface area contributed by atoms with Gasteiger partial charge in [0, 0.05) is 0 Å². The first-order chi connectivity index (χ1) is 8.64. The lowest BCUT2D eigenvalue weighted by Gasteiger charge is -2.27. The highest BCUT2D eigenvalue weighted by Crippen LogP contribution is 2.59. The molecule has 1 aromatic rings. The highest BCUT2D eigenvalue weighted by atomic mass is 16.2. The van der Waals surface area contributed by atoms with Crippen molar-refractivity contribution in [1.82, 2.24) is 14.9 Å². The van der Waals surface area contributed by atoms with Crippen molar-refractivity contribution < 1.29 is 9.59 Å². The van der Waals surface area contributed by atoms with Gasteiger partial charge in [-0.05, 0) is 25.2 Å². The first-order valence-electron chi connectivity index (χ1n) is 6.05. The lowest BCUT2D eigenvalue weighted by Crippen LogP contribution is -2.43. The van der Waals surface area contributed by atoms with Gasteiger partial charge in [0.15, 0.2) is 0 Å². The number of amides is 2. The molecule has 92 valence electrons. The summed E-state index contributed by atoms with van der Waals surface area (Å²) in [5, 5.41) is 8.51. The molecule has 2 amide bonds. The zero-order chi connectivity index (χ0) is 12.5. The second-order valence-corrected chi connectivity index (χ2v) is 5.45. The SMILES string of the molecule is C[C@]12C(=O)N(n3cnnc3)C(=O)[C@@H]1[C@H]1C=C[C@H]2C1. The average Bonchev–Trinajstić information content (AvgIpc) is 3.04. The lowest BCUT2D eigenvalue weighted by molar-refractivity contribution is -0.128. The van der Waals surface area contributed by atoms with E-state index in [0.717, 1.165) is 6.42 Å². The molecule has 0 N–H and O–H groups in total. The van der Waals surface area contributed by atoms with Crippen molar-refractivity contribution in [2.24, 2.45) is 23.2 Å². The van der Waals surface area contributed by atoms with Crippen LogP contribution in [0.4, 0.5) is 0 Å². The van der Waals surface area contributed by atoms with E-state index < -0.39 is 5.41 Å². The molecule has 0 spiro atoms. The second-order valence-electron chi connectivity index (χ2n) is 5.45. The van der Waals surface area contributed by atoms with Crippen molar-refractivity contribution in [3.63, 3.8) is 0 Å². The van der Waals surface area contributed by atoms with Crippen molar-refractivity contribution in [2.75, 3.05) is 5.01 Å². The standard InChI is InChI=1S/C12H12N4O2/c1-12-8-3-2-7(4-8)9(12)10(17)16(11(12)18)15-5-13-14-6-15/h2-3,5-9H,4H2,1H3/t7-,8-,9-,12+/m0/s1. The molecule has 0 radical (unpaired) electrons. The van der Waals surface area contributed by atoms with Crippen LogP contribution in [0, 0.1) is 23.2 Å². The Kier molecular flexibility index (Phi) is 1.60. The zero-order valence-corrected chi connectivity index (χ0v) is 9.85. The molecule has 2 heterocycles. The van der Waals surface area contributed by atoms with Crippen LogP contribution in [0.25, 0.3) is 0 Å². The summed E-state index contributed by atoms with van der Waals surface area (Å²) in [7, 11) is 0. The van der Waals surface area contributed by atoms with Gasteiger partial charge in [0.25, 0.3) is 11.8 Å². The van der Waals surface area contributed by atoms with E-state index in [-0.39, 0.29) is 29.6 Å². The molecule has 0 aromatic carbocycles. The quantitative estimate of drug-likeness (QED) is 0.519. The van der Waals surface area contributed by atoms with Gasteiger partial charge in [-0.15, -0.1) is 10.2 Å². The van der Waals surface area contributed by atoms with Gasteiger partial charge in [0.1, 0.15) is 12.7 Å². The van der Waals surface area contributed by atoms with E-state index in [1.54, 1.807) is 0 Å². The zero-order valence-electron chi connectivity index (χ0n) is 9.85. The van der Waals surface area contributed by atoms with Crippen LogP contribution < -0.4 is 5.01 Å². The van der Waals surface area contributed by atoms with Gasteiger partial charge in [-0.2, -0.15) is 5.01 Å². The highest BCUT2D eigenvalue weighted by Gasteiger charge is 2.67. The van der Waals surface area contributed by atoms with Gasteiger partial charge in [-0.1, -0.05) is 12.2 Å². The second kappa shape index (κ2) is 2.88. The van der Waals surface area contributed by atoms with Crippen LogP contribution >= 0.6 is 0 Å². The molecule has 2 aliphatic carbocycles. The van der Waals surface area contributed by atoms with Gasteiger partial charge in [-0.25, -0.2) is 4.68 Å². The molecule has 6 heteroatoms. The number of rotatable bonds is 1. The number of allylic oxidation sites excluding steroid dienone is 2. The Labute approximate surface area is 103 Å². The van der Waals surface area contributed by atoms with Crippen molar-refractivity contribution >= 4 is 11.8 Å². The maximum absolute atomic E-state index is 12.6. The number of carbonyl (C=O) groups excluding carboxylic acids is 2. The molecule has 1 saturated heterocycles. The normalized spacial score (nSPS) is 40.9. The molecule has 0 unspecified atom stereocenters. The summed E-state index contributed by atoms with van der Waals surface area (Å²) in [6.45, 7) is 1.91.